The number of likely N-dealkylation sites (tertiary alicyclic amines) is 1. The van der Waals surface area contributed by atoms with E-state index in [4.69, 9.17) is 5.11 Å². The summed E-state index contributed by atoms with van der Waals surface area (Å²) in [6.07, 6.45) is 2.67. The molecular formula is C13H25N3O2. The highest BCUT2D eigenvalue weighted by Gasteiger charge is 2.26. The molecule has 0 radical (unpaired) electrons. The van der Waals surface area contributed by atoms with Crippen LogP contribution in [0.25, 0.3) is 0 Å². The monoisotopic (exact) mass is 255 g/mol. The Morgan fingerprint density at radius 3 is 2.28 bits per heavy atom. The molecule has 0 unspecified atom stereocenters. The smallest absolute Gasteiger partial charge is 0.304 e. The van der Waals surface area contributed by atoms with Crippen molar-refractivity contribution in [3.05, 3.63) is 0 Å². The van der Waals surface area contributed by atoms with E-state index in [1.807, 2.05) is 0 Å². The van der Waals surface area contributed by atoms with Crippen LogP contribution < -0.4 is 0 Å². The molecule has 0 saturated carbocycles. The number of rotatable bonds is 4. The number of likely N-dealkylation sites (N-methyl/N-ethyl adjacent to an activating group) is 1. The van der Waals surface area contributed by atoms with Gasteiger partial charge in [0.05, 0.1) is 6.42 Å². The van der Waals surface area contributed by atoms with Crippen molar-refractivity contribution in [1.82, 2.24) is 14.7 Å². The standard InChI is InChI=1S/C13H25N3O2/c1-14-8-10-16(11-9-14)12-2-5-15(6-3-12)7-4-13(17)18/h12H,2-11H2,1H3,(H,17,18). The van der Waals surface area contributed by atoms with Crippen molar-refractivity contribution in [2.24, 2.45) is 0 Å². The Balaban J connectivity index is 1.68. The topological polar surface area (TPSA) is 47.0 Å². The molecule has 0 aromatic heterocycles. The van der Waals surface area contributed by atoms with Gasteiger partial charge >= 0.3 is 5.97 Å². The fourth-order valence-corrected chi connectivity index (χ4v) is 2.95. The quantitative estimate of drug-likeness (QED) is 0.776. The molecule has 0 spiro atoms. The van der Waals surface area contributed by atoms with Gasteiger partial charge in [-0.15, -0.1) is 0 Å². The van der Waals surface area contributed by atoms with Crippen LogP contribution >= 0.6 is 0 Å². The lowest BCUT2D eigenvalue weighted by Gasteiger charge is -2.42. The molecule has 2 saturated heterocycles. The molecular weight excluding hydrogens is 230 g/mol. The van der Waals surface area contributed by atoms with Gasteiger partial charge in [0.2, 0.25) is 0 Å². The van der Waals surface area contributed by atoms with Gasteiger partial charge in [0.25, 0.3) is 0 Å². The second-order valence-corrected chi connectivity index (χ2v) is 5.56. The lowest BCUT2D eigenvalue weighted by molar-refractivity contribution is -0.137. The predicted molar refractivity (Wildman–Crippen MR) is 70.8 cm³/mol. The fourth-order valence-electron chi connectivity index (χ4n) is 2.95. The Morgan fingerprint density at radius 1 is 1.11 bits per heavy atom. The molecule has 2 heterocycles. The highest BCUT2D eigenvalue weighted by molar-refractivity contribution is 5.66. The highest BCUT2D eigenvalue weighted by Crippen LogP contribution is 2.18. The van der Waals surface area contributed by atoms with E-state index in [1.165, 1.54) is 39.0 Å². The molecule has 0 bridgehead atoms. The zero-order chi connectivity index (χ0) is 13.0. The van der Waals surface area contributed by atoms with E-state index >= 15 is 0 Å². The number of nitrogens with zero attached hydrogens (tertiary/aromatic N) is 3. The molecule has 104 valence electrons. The van der Waals surface area contributed by atoms with Crippen molar-refractivity contribution in [3.8, 4) is 0 Å². The molecule has 2 rings (SSSR count). The molecule has 2 fully saturated rings. The zero-order valence-corrected chi connectivity index (χ0v) is 11.3. The molecule has 5 nitrogen and oxygen atoms in total. The van der Waals surface area contributed by atoms with Gasteiger partial charge in [-0.2, -0.15) is 0 Å². The third kappa shape index (κ3) is 3.93. The summed E-state index contributed by atoms with van der Waals surface area (Å²) in [6, 6.07) is 0.722. The molecule has 0 atom stereocenters. The van der Waals surface area contributed by atoms with E-state index in [2.05, 4.69) is 21.7 Å². The van der Waals surface area contributed by atoms with Crippen LogP contribution in [0.1, 0.15) is 19.3 Å². The molecule has 0 amide bonds. The van der Waals surface area contributed by atoms with Crippen molar-refractivity contribution >= 4 is 5.97 Å². The molecule has 0 aromatic rings. The number of carboxylic acid groups (broad SMARTS) is 1. The first-order valence-electron chi connectivity index (χ1n) is 7.02. The Kier molecular flexibility index (Phi) is 4.97. The molecule has 0 aliphatic carbocycles. The Hall–Kier alpha value is -0.650. The van der Waals surface area contributed by atoms with Gasteiger partial charge in [-0.25, -0.2) is 0 Å². The second kappa shape index (κ2) is 6.50. The first-order valence-corrected chi connectivity index (χ1v) is 7.02. The minimum Gasteiger partial charge on any atom is -0.481 e. The van der Waals surface area contributed by atoms with Gasteiger partial charge < -0.3 is 14.9 Å². The van der Waals surface area contributed by atoms with Crippen molar-refractivity contribution in [3.63, 3.8) is 0 Å². The Bertz CT molecular complexity index is 269. The lowest BCUT2D eigenvalue weighted by atomic mass is 10.0. The first kappa shape index (κ1) is 13.8. The summed E-state index contributed by atoms with van der Waals surface area (Å²) >= 11 is 0. The van der Waals surface area contributed by atoms with E-state index in [0.29, 0.717) is 6.54 Å². The maximum Gasteiger partial charge on any atom is 0.304 e. The first-order chi connectivity index (χ1) is 8.65. The van der Waals surface area contributed by atoms with E-state index in [-0.39, 0.29) is 6.42 Å². The van der Waals surface area contributed by atoms with Gasteiger partial charge in [0.15, 0.2) is 0 Å². The Morgan fingerprint density at radius 2 is 1.72 bits per heavy atom. The van der Waals surface area contributed by atoms with E-state index in [9.17, 15) is 4.79 Å². The highest BCUT2D eigenvalue weighted by atomic mass is 16.4. The van der Waals surface area contributed by atoms with Crippen LogP contribution in [0.15, 0.2) is 0 Å². The van der Waals surface area contributed by atoms with Crippen molar-refractivity contribution in [2.45, 2.75) is 25.3 Å². The van der Waals surface area contributed by atoms with E-state index in [0.717, 1.165) is 19.1 Å². The van der Waals surface area contributed by atoms with Crippen LogP contribution in [0, 0.1) is 0 Å². The van der Waals surface area contributed by atoms with E-state index in [1.54, 1.807) is 0 Å². The van der Waals surface area contributed by atoms with Crippen LogP contribution in [0.4, 0.5) is 0 Å². The number of piperidine rings is 1. The average molecular weight is 255 g/mol. The Labute approximate surface area is 109 Å². The van der Waals surface area contributed by atoms with E-state index < -0.39 is 5.97 Å². The molecule has 1 N–H and O–H groups in total. The molecule has 2 aliphatic rings. The molecule has 18 heavy (non-hydrogen) atoms. The third-order valence-corrected chi connectivity index (χ3v) is 4.25. The fraction of sp³-hybridized carbons (Fsp3) is 0.923. The number of aliphatic carboxylic acids is 1. The number of carbonyl (C=O) groups is 1. The predicted octanol–water partition coefficient (Wildman–Crippen LogP) is 0.173. The number of hydrogen-bond acceptors (Lipinski definition) is 4. The van der Waals surface area contributed by atoms with Gasteiger partial charge in [0, 0.05) is 38.8 Å². The van der Waals surface area contributed by atoms with Crippen LogP contribution in [-0.4, -0.2) is 84.7 Å². The summed E-state index contributed by atoms with van der Waals surface area (Å²) < 4.78 is 0. The molecule has 2 aliphatic heterocycles. The van der Waals surface area contributed by atoms with Gasteiger partial charge in [-0.05, 0) is 33.0 Å². The van der Waals surface area contributed by atoms with Crippen LogP contribution in [0.2, 0.25) is 0 Å². The third-order valence-electron chi connectivity index (χ3n) is 4.25. The van der Waals surface area contributed by atoms with Crippen LogP contribution in [0.3, 0.4) is 0 Å². The van der Waals surface area contributed by atoms with Crippen LogP contribution in [-0.2, 0) is 4.79 Å². The van der Waals surface area contributed by atoms with Crippen LogP contribution in [0.5, 0.6) is 0 Å². The molecule has 0 aromatic carbocycles. The summed E-state index contributed by atoms with van der Waals surface area (Å²) in [5, 5.41) is 8.69. The normalized spacial score (nSPS) is 25.4. The largest absolute Gasteiger partial charge is 0.481 e. The van der Waals surface area contributed by atoms with Gasteiger partial charge in [-0.3, -0.25) is 9.69 Å². The summed E-state index contributed by atoms with van der Waals surface area (Å²) in [4.78, 5) is 17.8. The van der Waals surface area contributed by atoms with Gasteiger partial charge in [-0.1, -0.05) is 0 Å². The zero-order valence-electron chi connectivity index (χ0n) is 11.3. The minimum atomic E-state index is -0.684. The number of carboxylic acids is 1. The minimum absolute atomic E-state index is 0.277. The number of piperazine rings is 1. The second-order valence-electron chi connectivity index (χ2n) is 5.56. The SMILES string of the molecule is CN1CCN(C2CCN(CCC(=O)O)CC2)CC1. The number of hydrogen-bond donors (Lipinski definition) is 1. The average Bonchev–Trinajstić information content (AvgIpc) is 2.38. The lowest BCUT2D eigenvalue weighted by Crippen LogP contribution is -2.52. The summed E-state index contributed by atoms with van der Waals surface area (Å²) in [5.74, 6) is -0.684. The van der Waals surface area contributed by atoms with Crippen molar-refractivity contribution in [2.75, 3.05) is 52.9 Å². The summed E-state index contributed by atoms with van der Waals surface area (Å²) in [7, 11) is 2.19. The maximum absolute atomic E-state index is 10.5. The van der Waals surface area contributed by atoms with Crippen molar-refractivity contribution in [1.29, 1.82) is 0 Å². The van der Waals surface area contributed by atoms with Gasteiger partial charge in [0.1, 0.15) is 0 Å². The summed E-state index contributed by atoms with van der Waals surface area (Å²) in [5.41, 5.74) is 0. The maximum atomic E-state index is 10.5. The summed E-state index contributed by atoms with van der Waals surface area (Å²) in [6.45, 7) is 7.57. The molecule has 5 heteroatoms. The van der Waals surface area contributed by atoms with Crippen molar-refractivity contribution < 1.29 is 9.90 Å².